The monoisotopic (exact) mass is 106 g/mol. The van der Waals surface area contributed by atoms with Crippen LogP contribution < -0.4 is 0 Å². The molecule has 0 saturated heterocycles. The van der Waals surface area contributed by atoms with Gasteiger partial charge in [-0.1, -0.05) is 0 Å². The highest BCUT2D eigenvalue weighted by molar-refractivity contribution is 7.93. The van der Waals surface area contributed by atoms with Gasteiger partial charge < -0.3 is 9.35 Å². The van der Waals surface area contributed by atoms with E-state index >= 15 is 0 Å². The van der Waals surface area contributed by atoms with E-state index in [4.69, 9.17) is 4.55 Å². The third kappa shape index (κ3) is 3.98. The molecule has 0 atom stereocenters. The Kier molecular flexibility index (Phi) is 4.96. The van der Waals surface area contributed by atoms with Crippen molar-refractivity contribution in [3.63, 3.8) is 0 Å². The molecule has 1 N–H and O–H groups in total. The lowest BCUT2D eigenvalue weighted by Gasteiger charge is -1.78. The van der Waals surface area contributed by atoms with E-state index in [1.54, 1.807) is 0 Å². The Balaban J connectivity index is 2.49. The van der Waals surface area contributed by atoms with E-state index in [1.807, 2.05) is 0 Å². The van der Waals surface area contributed by atoms with Crippen LogP contribution in [0.5, 0.6) is 0 Å². The minimum Gasteiger partial charge on any atom is -0.330 e. The third-order valence-electron chi connectivity index (χ3n) is 0.327. The zero-order chi connectivity index (χ0) is 4.83. The summed E-state index contributed by atoms with van der Waals surface area (Å²) in [6.45, 7) is 0. The van der Waals surface area contributed by atoms with Gasteiger partial charge in [0.1, 0.15) is 6.29 Å². The fourth-order valence-electron chi connectivity index (χ4n) is 0.101. The summed E-state index contributed by atoms with van der Waals surface area (Å²) in [5.74, 6) is 0.517. The van der Waals surface area contributed by atoms with Crippen LogP contribution in [-0.4, -0.2) is 16.6 Å². The van der Waals surface area contributed by atoms with Gasteiger partial charge >= 0.3 is 0 Å². The molecule has 0 radical (unpaired) electrons. The molecule has 2 nitrogen and oxygen atoms in total. The van der Waals surface area contributed by atoms with Crippen molar-refractivity contribution in [2.45, 2.75) is 6.42 Å². The predicted molar refractivity (Wildman–Crippen MR) is 25.8 cm³/mol. The van der Waals surface area contributed by atoms with Crippen LogP contribution in [-0.2, 0) is 4.79 Å². The van der Waals surface area contributed by atoms with Crippen molar-refractivity contribution in [3.05, 3.63) is 0 Å². The second-order valence-corrected chi connectivity index (χ2v) is 1.46. The van der Waals surface area contributed by atoms with Gasteiger partial charge in [-0.3, -0.25) is 0 Å². The van der Waals surface area contributed by atoms with Gasteiger partial charge in [0.25, 0.3) is 0 Å². The normalized spacial score (nSPS) is 8.17. The summed E-state index contributed by atoms with van der Waals surface area (Å²) in [6, 6.07) is 0. The van der Waals surface area contributed by atoms with Crippen LogP contribution >= 0.6 is 12.0 Å². The van der Waals surface area contributed by atoms with Crippen LogP contribution in [0.3, 0.4) is 0 Å². The van der Waals surface area contributed by atoms with Gasteiger partial charge in [-0.05, 0) is 12.0 Å². The summed E-state index contributed by atoms with van der Waals surface area (Å²) in [5, 5.41) is 0. The first-order valence-electron chi connectivity index (χ1n) is 1.62. The van der Waals surface area contributed by atoms with Crippen molar-refractivity contribution in [2.24, 2.45) is 0 Å². The van der Waals surface area contributed by atoms with E-state index in [9.17, 15) is 4.79 Å². The molecule has 0 saturated carbocycles. The minimum absolute atomic E-state index is 0.446. The number of hydrogen-bond donors (Lipinski definition) is 1. The lowest BCUT2D eigenvalue weighted by molar-refractivity contribution is -0.107. The number of aldehydes is 1. The van der Waals surface area contributed by atoms with Crippen molar-refractivity contribution in [1.29, 1.82) is 0 Å². The van der Waals surface area contributed by atoms with Crippen LogP contribution in [0, 0.1) is 0 Å². The average Bonchev–Trinajstić information content (AvgIpc) is 1.61. The first-order chi connectivity index (χ1) is 2.91. The SMILES string of the molecule is O=CCCSO. The summed E-state index contributed by atoms with van der Waals surface area (Å²) in [6.07, 6.45) is 1.23. The number of carbonyl (C=O) groups excluding carboxylic acids is 1. The zero-order valence-corrected chi connectivity index (χ0v) is 4.07. The molecule has 0 spiro atoms. The topological polar surface area (TPSA) is 37.3 Å². The van der Waals surface area contributed by atoms with Crippen LogP contribution in [0.15, 0.2) is 0 Å². The number of carbonyl (C=O) groups is 1. The molecule has 0 rings (SSSR count). The summed E-state index contributed by atoms with van der Waals surface area (Å²) in [4.78, 5) is 9.44. The Hall–Kier alpha value is -0.0200. The van der Waals surface area contributed by atoms with Crippen LogP contribution in [0.25, 0.3) is 0 Å². The molecule has 0 aromatic heterocycles. The number of rotatable bonds is 3. The molecular formula is C3H6O2S. The molecule has 6 heavy (non-hydrogen) atoms. The van der Waals surface area contributed by atoms with Gasteiger partial charge in [-0.25, -0.2) is 0 Å². The number of hydrogen-bond acceptors (Lipinski definition) is 3. The van der Waals surface area contributed by atoms with Gasteiger partial charge in [0.15, 0.2) is 0 Å². The Bertz CT molecular complexity index is 37.8. The highest BCUT2D eigenvalue weighted by Gasteiger charge is 1.77. The first-order valence-corrected chi connectivity index (χ1v) is 2.56. The fraction of sp³-hybridized carbons (Fsp3) is 0.667. The van der Waals surface area contributed by atoms with Crippen LogP contribution in [0.4, 0.5) is 0 Å². The Labute approximate surface area is 40.8 Å². The van der Waals surface area contributed by atoms with Crippen LogP contribution in [0.1, 0.15) is 6.42 Å². The summed E-state index contributed by atoms with van der Waals surface area (Å²) < 4.78 is 7.96. The highest BCUT2D eigenvalue weighted by atomic mass is 32.2. The molecule has 0 fully saturated rings. The van der Waals surface area contributed by atoms with E-state index in [0.717, 1.165) is 6.29 Å². The lowest BCUT2D eigenvalue weighted by Crippen LogP contribution is -1.75. The van der Waals surface area contributed by atoms with Gasteiger partial charge in [0.05, 0.1) is 0 Å². The standard InChI is InChI=1S/C3H6O2S/c4-2-1-3-6-5/h2,5H,1,3H2. The lowest BCUT2D eigenvalue weighted by atomic mass is 10.6. The van der Waals surface area contributed by atoms with E-state index < -0.39 is 0 Å². The molecule has 0 bridgehead atoms. The molecule has 0 unspecified atom stereocenters. The maximum Gasteiger partial charge on any atom is 0.120 e. The first kappa shape index (κ1) is 5.98. The van der Waals surface area contributed by atoms with E-state index in [2.05, 4.69) is 0 Å². The van der Waals surface area contributed by atoms with Gasteiger partial charge in [-0.15, -0.1) is 0 Å². The summed E-state index contributed by atoms with van der Waals surface area (Å²) in [7, 11) is 0. The maximum atomic E-state index is 9.44. The highest BCUT2D eigenvalue weighted by Crippen LogP contribution is 1.89. The van der Waals surface area contributed by atoms with Crippen molar-refractivity contribution in [3.8, 4) is 0 Å². The van der Waals surface area contributed by atoms with E-state index in [1.165, 1.54) is 0 Å². The summed E-state index contributed by atoms with van der Waals surface area (Å²) in [5.41, 5.74) is 0. The third-order valence-corrected chi connectivity index (χ3v) is 0.745. The minimum atomic E-state index is 0.446. The predicted octanol–water partition coefficient (Wildman–Crippen LogP) is 0.782. The maximum absolute atomic E-state index is 9.44. The fourth-order valence-corrected chi connectivity index (χ4v) is 0.302. The van der Waals surface area contributed by atoms with Crippen molar-refractivity contribution in [2.75, 3.05) is 5.75 Å². The van der Waals surface area contributed by atoms with Crippen LogP contribution in [0.2, 0.25) is 0 Å². The molecule has 0 aromatic rings. The smallest absolute Gasteiger partial charge is 0.120 e. The molecule has 3 heteroatoms. The summed E-state index contributed by atoms with van der Waals surface area (Å²) >= 11 is 0.695. The molecule has 0 aromatic carbocycles. The van der Waals surface area contributed by atoms with E-state index in [-0.39, 0.29) is 0 Å². The van der Waals surface area contributed by atoms with Gasteiger partial charge in [0.2, 0.25) is 0 Å². The molecule has 0 aliphatic heterocycles. The Morgan fingerprint density at radius 1 is 1.83 bits per heavy atom. The zero-order valence-electron chi connectivity index (χ0n) is 3.26. The van der Waals surface area contributed by atoms with Crippen molar-refractivity contribution >= 4 is 18.3 Å². The molecule has 0 aliphatic rings. The molecule has 36 valence electrons. The average molecular weight is 106 g/mol. The quantitative estimate of drug-likeness (QED) is 0.328. The second kappa shape index (κ2) is 4.98. The molecular weight excluding hydrogens is 100 g/mol. The van der Waals surface area contributed by atoms with Gasteiger partial charge in [0, 0.05) is 12.2 Å². The van der Waals surface area contributed by atoms with Gasteiger partial charge in [-0.2, -0.15) is 0 Å². The molecule has 0 amide bonds. The van der Waals surface area contributed by atoms with Crippen molar-refractivity contribution in [1.82, 2.24) is 0 Å². The van der Waals surface area contributed by atoms with E-state index in [0.29, 0.717) is 24.2 Å². The Morgan fingerprint density at radius 2 is 2.50 bits per heavy atom. The van der Waals surface area contributed by atoms with Crippen molar-refractivity contribution < 1.29 is 9.35 Å². The Morgan fingerprint density at radius 3 is 2.67 bits per heavy atom. The molecule has 0 aliphatic carbocycles. The largest absolute Gasteiger partial charge is 0.330 e. The molecule has 0 heterocycles. The second-order valence-electron chi connectivity index (χ2n) is 0.789.